The molecule has 0 aromatic heterocycles. The Kier molecular flexibility index (Phi) is 10.3. The van der Waals surface area contributed by atoms with E-state index in [-0.39, 0.29) is 23.8 Å². The van der Waals surface area contributed by atoms with Gasteiger partial charge in [0.05, 0.1) is 25.3 Å². The van der Waals surface area contributed by atoms with Crippen molar-refractivity contribution in [2.45, 2.75) is 82.3 Å². The molecule has 3 aliphatic rings. The maximum atomic E-state index is 13.7. The summed E-state index contributed by atoms with van der Waals surface area (Å²) >= 11 is 6.65. The van der Waals surface area contributed by atoms with Crippen molar-refractivity contribution < 1.29 is 43.5 Å². The highest BCUT2D eigenvalue weighted by atomic mass is 35.5. The average Bonchev–Trinajstić information content (AvgIpc) is 3.76. The number of likely N-dealkylation sites (N-methyl/N-ethyl adjacent to an activating group) is 1. The lowest BCUT2D eigenvalue weighted by atomic mass is 9.87. The third-order valence-electron chi connectivity index (χ3n) is 8.56. The van der Waals surface area contributed by atoms with E-state index in [1.54, 1.807) is 64.2 Å². The minimum Gasteiger partial charge on any atom is -0.495 e. The van der Waals surface area contributed by atoms with Crippen LogP contribution < -0.4 is 15.0 Å². The first-order chi connectivity index (χ1) is 20.6. The molecule has 2 fully saturated rings. The number of anilines is 1. The van der Waals surface area contributed by atoms with E-state index in [9.17, 15) is 24.6 Å². The standard InChI is InChI=1S/C31H42ClN3O9/c1-16-9-8-10-24(36)31(40)15-23(43-30(39)33-31)17(2)27-28(44-27)22(42-29(38)18(3)34(4)5)14-25(37)35(6)20-12-19(11-16)13-21(41-7)26(20)32/h8-10,12-13,17-18,22-24,27-28,36,40H,11,14-15H2,1-7H3,(H,33,39)/b10-8+,16-9+/t17-,18+,22+,23+,24-,27+,28+,31+/m1/s1. The Morgan fingerprint density at radius 2 is 1.98 bits per heavy atom. The number of hydrogen-bond donors (Lipinski definition) is 3. The van der Waals surface area contributed by atoms with Crippen LogP contribution >= 0.6 is 11.6 Å². The van der Waals surface area contributed by atoms with Gasteiger partial charge in [-0.1, -0.05) is 42.3 Å². The Labute approximate surface area is 262 Å². The second kappa shape index (κ2) is 13.5. The molecule has 2 saturated heterocycles. The maximum absolute atomic E-state index is 13.7. The minimum absolute atomic E-state index is 0.130. The van der Waals surface area contributed by atoms with Crippen LogP contribution in [0.4, 0.5) is 10.5 Å². The zero-order chi connectivity index (χ0) is 32.5. The van der Waals surface area contributed by atoms with Gasteiger partial charge in [-0.15, -0.1) is 0 Å². The molecule has 2 amide bonds. The number of carbonyl (C=O) groups is 3. The van der Waals surface area contributed by atoms with Crippen molar-refractivity contribution in [2.24, 2.45) is 5.92 Å². The summed E-state index contributed by atoms with van der Waals surface area (Å²) < 4.78 is 22.8. The van der Waals surface area contributed by atoms with E-state index in [4.69, 9.17) is 30.5 Å². The van der Waals surface area contributed by atoms with Crippen LogP contribution in [0.25, 0.3) is 0 Å². The summed E-state index contributed by atoms with van der Waals surface area (Å²) in [7, 11) is 6.56. The summed E-state index contributed by atoms with van der Waals surface area (Å²) in [5, 5.41) is 24.7. The van der Waals surface area contributed by atoms with E-state index in [1.165, 1.54) is 18.1 Å². The third-order valence-corrected chi connectivity index (χ3v) is 8.94. The van der Waals surface area contributed by atoms with Gasteiger partial charge in [-0.2, -0.15) is 0 Å². The highest BCUT2D eigenvalue weighted by molar-refractivity contribution is 6.35. The molecular formula is C31H42ClN3O9. The van der Waals surface area contributed by atoms with Gasteiger partial charge in [0.15, 0.2) is 5.72 Å². The Morgan fingerprint density at radius 1 is 1.27 bits per heavy atom. The number of aliphatic hydroxyl groups excluding tert-OH is 1. The molecule has 3 aliphatic heterocycles. The zero-order valence-corrected chi connectivity index (χ0v) is 26.8. The molecular weight excluding hydrogens is 594 g/mol. The van der Waals surface area contributed by atoms with E-state index in [0.29, 0.717) is 17.9 Å². The molecule has 8 atom stereocenters. The number of methoxy groups -OCH3 is 1. The summed E-state index contributed by atoms with van der Waals surface area (Å²) in [6.45, 7) is 5.35. The molecule has 1 aromatic rings. The topological polar surface area (TPSA) is 150 Å². The summed E-state index contributed by atoms with van der Waals surface area (Å²) in [6, 6.07) is 2.98. The minimum atomic E-state index is -2.00. The van der Waals surface area contributed by atoms with Crippen LogP contribution in [0, 0.1) is 5.92 Å². The van der Waals surface area contributed by atoms with Crippen LogP contribution in [0.5, 0.6) is 5.75 Å². The molecule has 0 radical (unpaired) electrons. The predicted octanol–water partition coefficient (Wildman–Crippen LogP) is 2.57. The number of rotatable bonds is 4. The Morgan fingerprint density at radius 3 is 2.64 bits per heavy atom. The van der Waals surface area contributed by atoms with Crippen molar-refractivity contribution in [1.82, 2.24) is 10.2 Å². The molecule has 0 saturated carbocycles. The third kappa shape index (κ3) is 7.37. The fourth-order valence-electron chi connectivity index (χ4n) is 5.43. The van der Waals surface area contributed by atoms with Crippen LogP contribution in [-0.2, 0) is 30.2 Å². The van der Waals surface area contributed by atoms with Gasteiger partial charge < -0.3 is 34.1 Å². The number of halogens is 1. The molecule has 242 valence electrons. The summed E-state index contributed by atoms with van der Waals surface area (Å²) in [5.41, 5.74) is 0.126. The number of carbonyl (C=O) groups excluding carboxylic acids is 3. The van der Waals surface area contributed by atoms with Crippen molar-refractivity contribution in [3.63, 3.8) is 0 Å². The molecule has 1 aromatic carbocycles. The van der Waals surface area contributed by atoms with E-state index >= 15 is 0 Å². The summed E-state index contributed by atoms with van der Waals surface area (Å²) in [4.78, 5) is 42.3. The van der Waals surface area contributed by atoms with Crippen LogP contribution in [-0.4, -0.2) is 104 Å². The fraction of sp³-hybridized carbons (Fsp3) is 0.581. The number of amides is 2. The lowest BCUT2D eigenvalue weighted by molar-refractivity contribution is -0.156. The van der Waals surface area contributed by atoms with Crippen molar-refractivity contribution in [1.29, 1.82) is 0 Å². The fourth-order valence-corrected chi connectivity index (χ4v) is 5.74. The highest BCUT2D eigenvalue weighted by Crippen LogP contribution is 2.41. The molecule has 0 aliphatic carbocycles. The van der Waals surface area contributed by atoms with Crippen LogP contribution in [0.2, 0.25) is 5.02 Å². The molecule has 4 rings (SSSR count). The number of epoxide rings is 1. The quantitative estimate of drug-likeness (QED) is 0.333. The number of allylic oxidation sites excluding steroid dienone is 3. The monoisotopic (exact) mass is 635 g/mol. The molecule has 44 heavy (non-hydrogen) atoms. The first-order valence-electron chi connectivity index (χ1n) is 14.5. The van der Waals surface area contributed by atoms with Crippen molar-refractivity contribution in [2.75, 3.05) is 33.2 Å². The van der Waals surface area contributed by atoms with E-state index in [2.05, 4.69) is 5.32 Å². The molecule has 4 bridgehead atoms. The molecule has 3 heterocycles. The first-order valence-corrected chi connectivity index (χ1v) is 14.9. The molecule has 3 N–H and O–H groups in total. The highest BCUT2D eigenvalue weighted by Gasteiger charge is 2.56. The van der Waals surface area contributed by atoms with Gasteiger partial charge in [-0.25, -0.2) is 4.79 Å². The number of hydrogen-bond acceptors (Lipinski definition) is 10. The predicted molar refractivity (Wildman–Crippen MR) is 162 cm³/mol. The van der Waals surface area contributed by atoms with E-state index in [0.717, 1.165) is 11.1 Å². The van der Waals surface area contributed by atoms with Gasteiger partial charge in [-0.3, -0.25) is 19.8 Å². The molecule has 0 unspecified atom stereocenters. The number of alkyl carbamates (subject to hydrolysis) is 1. The molecule has 12 nitrogen and oxygen atoms in total. The number of fused-ring (bicyclic) bond motifs is 5. The van der Waals surface area contributed by atoms with E-state index in [1.807, 2.05) is 6.92 Å². The van der Waals surface area contributed by atoms with Crippen LogP contribution in [0.3, 0.4) is 0 Å². The lowest BCUT2D eigenvalue weighted by Crippen LogP contribution is -2.63. The van der Waals surface area contributed by atoms with Gasteiger partial charge in [0.2, 0.25) is 5.91 Å². The zero-order valence-electron chi connectivity index (χ0n) is 26.1. The Hall–Kier alpha value is -3.16. The maximum Gasteiger partial charge on any atom is 0.409 e. The average molecular weight is 636 g/mol. The number of nitrogens with one attached hydrogen (secondary N) is 1. The van der Waals surface area contributed by atoms with Gasteiger partial charge in [0.1, 0.15) is 41.2 Å². The number of esters is 1. The number of benzene rings is 1. The van der Waals surface area contributed by atoms with Gasteiger partial charge in [-0.05, 0) is 52.1 Å². The summed E-state index contributed by atoms with van der Waals surface area (Å²) in [5.74, 6) is -0.996. The molecule has 13 heteroatoms. The van der Waals surface area contributed by atoms with Crippen molar-refractivity contribution in [3.05, 3.63) is 46.5 Å². The molecule has 0 spiro atoms. The van der Waals surface area contributed by atoms with E-state index < -0.39 is 60.3 Å². The SMILES string of the molecule is COc1cc2cc(c1Cl)N(C)C(=O)C[C@H](OC(=O)[C@H](C)N(C)C)[C@@H]1O[C@H]1[C@H](C)[C@@H]1C[C@@](O)(NC(=O)O1)[C@H](O)/C=C/C=C(\C)C2. The first kappa shape index (κ1) is 33.7. The number of nitrogens with zero attached hydrogens (tertiary/aromatic N) is 2. The second-order valence-electron chi connectivity index (χ2n) is 12.0. The second-order valence-corrected chi connectivity index (χ2v) is 12.4. The van der Waals surface area contributed by atoms with Crippen LogP contribution in [0.1, 0.15) is 39.2 Å². The van der Waals surface area contributed by atoms with Crippen molar-refractivity contribution >= 4 is 35.3 Å². The van der Waals surface area contributed by atoms with Crippen LogP contribution in [0.15, 0.2) is 35.9 Å². The normalized spacial score (nSPS) is 33.7. The number of aliphatic hydroxyl groups is 2. The summed E-state index contributed by atoms with van der Waals surface area (Å²) in [6.07, 6.45) is -0.499. The van der Waals surface area contributed by atoms with Crippen molar-refractivity contribution in [3.8, 4) is 5.75 Å². The van der Waals surface area contributed by atoms with Gasteiger partial charge in [0.25, 0.3) is 0 Å². The van der Waals surface area contributed by atoms with Gasteiger partial charge >= 0.3 is 12.1 Å². The lowest BCUT2D eigenvalue weighted by Gasteiger charge is -2.40. The van der Waals surface area contributed by atoms with Gasteiger partial charge in [0, 0.05) is 19.4 Å². The smallest absolute Gasteiger partial charge is 0.409 e. The number of ether oxygens (including phenoxy) is 4. The largest absolute Gasteiger partial charge is 0.495 e. The Bertz CT molecular complexity index is 1330. The Balaban J connectivity index is 1.74.